The molecular weight excluding hydrogens is 386 g/mol. The maximum absolute atomic E-state index is 12.3. The second kappa shape index (κ2) is 8.64. The Kier molecular flexibility index (Phi) is 6.01. The summed E-state index contributed by atoms with van der Waals surface area (Å²) < 4.78 is 10.9. The quantitative estimate of drug-likeness (QED) is 0.582. The summed E-state index contributed by atoms with van der Waals surface area (Å²) in [7, 11) is 1.53. The normalized spacial score (nSPS) is 10.9. The highest BCUT2D eigenvalue weighted by atomic mass is 16.5. The predicted octanol–water partition coefficient (Wildman–Crippen LogP) is 4.16. The van der Waals surface area contributed by atoms with Crippen LogP contribution in [0.5, 0.6) is 11.5 Å². The number of ether oxygens (including phenoxy) is 1. The highest BCUT2D eigenvalue weighted by Gasteiger charge is 2.19. The van der Waals surface area contributed by atoms with Gasteiger partial charge in [-0.1, -0.05) is 32.0 Å². The van der Waals surface area contributed by atoms with Crippen LogP contribution in [-0.4, -0.2) is 29.1 Å². The lowest BCUT2D eigenvalue weighted by Gasteiger charge is -2.12. The van der Waals surface area contributed by atoms with E-state index in [1.807, 2.05) is 20.8 Å². The maximum atomic E-state index is 12.3. The first-order valence-electron chi connectivity index (χ1n) is 9.26. The lowest BCUT2D eigenvalue weighted by Crippen LogP contribution is -2.19. The van der Waals surface area contributed by atoms with Gasteiger partial charge in [0.05, 0.1) is 5.69 Å². The summed E-state index contributed by atoms with van der Waals surface area (Å²) in [5.41, 5.74) is 1.31. The minimum Gasteiger partial charge on any atom is -0.457 e. The molecule has 156 valence electrons. The molecule has 3 amide bonds. The van der Waals surface area contributed by atoms with Crippen molar-refractivity contribution in [1.82, 2.24) is 15.5 Å². The molecule has 0 saturated heterocycles. The monoisotopic (exact) mass is 409 g/mol. The van der Waals surface area contributed by atoms with Crippen molar-refractivity contribution < 1.29 is 18.8 Å². The van der Waals surface area contributed by atoms with Crippen molar-refractivity contribution in [2.45, 2.75) is 26.2 Å². The molecule has 0 aliphatic carbocycles. The molecule has 0 saturated carbocycles. The molecule has 2 aromatic heterocycles. The fourth-order valence-corrected chi connectivity index (χ4v) is 2.46. The topological polar surface area (TPSA) is 118 Å². The molecule has 0 spiro atoms. The van der Waals surface area contributed by atoms with Gasteiger partial charge in [0.25, 0.3) is 5.91 Å². The van der Waals surface area contributed by atoms with Crippen LogP contribution in [0.2, 0.25) is 0 Å². The van der Waals surface area contributed by atoms with E-state index < -0.39 is 6.03 Å². The van der Waals surface area contributed by atoms with Crippen LogP contribution >= 0.6 is 0 Å². The molecule has 3 aromatic rings. The Morgan fingerprint density at radius 2 is 1.80 bits per heavy atom. The summed E-state index contributed by atoms with van der Waals surface area (Å²) in [5.74, 6) is 0.871. The molecular formula is C21H23N5O4. The predicted molar refractivity (Wildman–Crippen MR) is 112 cm³/mol. The molecule has 2 heterocycles. The van der Waals surface area contributed by atoms with Gasteiger partial charge < -0.3 is 19.9 Å². The van der Waals surface area contributed by atoms with E-state index in [0.29, 0.717) is 17.2 Å². The number of carbonyl (C=O) groups is 2. The summed E-state index contributed by atoms with van der Waals surface area (Å²) in [5, 5.41) is 11.8. The third-order valence-electron chi connectivity index (χ3n) is 4.03. The third-order valence-corrected chi connectivity index (χ3v) is 4.03. The van der Waals surface area contributed by atoms with E-state index >= 15 is 0 Å². The molecule has 0 atom stereocenters. The van der Waals surface area contributed by atoms with Crippen molar-refractivity contribution >= 4 is 23.5 Å². The lowest BCUT2D eigenvalue weighted by molar-refractivity contribution is 0.0958. The number of amides is 3. The molecule has 0 radical (unpaired) electrons. The Balaban J connectivity index is 1.65. The second-order valence-corrected chi connectivity index (χ2v) is 7.49. The first-order valence-corrected chi connectivity index (χ1v) is 9.26. The first kappa shape index (κ1) is 20.8. The van der Waals surface area contributed by atoms with Gasteiger partial charge in [-0.05, 0) is 18.2 Å². The zero-order valence-electron chi connectivity index (χ0n) is 17.1. The number of hydrogen-bond acceptors (Lipinski definition) is 6. The van der Waals surface area contributed by atoms with Crippen molar-refractivity contribution in [3.8, 4) is 11.5 Å². The first-order chi connectivity index (χ1) is 14.2. The van der Waals surface area contributed by atoms with Crippen LogP contribution in [0.1, 0.15) is 37.0 Å². The molecule has 0 fully saturated rings. The molecule has 0 unspecified atom stereocenters. The van der Waals surface area contributed by atoms with Gasteiger partial charge in [-0.3, -0.25) is 15.1 Å². The van der Waals surface area contributed by atoms with E-state index in [2.05, 4.69) is 26.1 Å². The van der Waals surface area contributed by atoms with Gasteiger partial charge in [-0.2, -0.15) is 0 Å². The molecule has 1 aromatic carbocycles. The molecule has 3 N–H and O–H groups in total. The van der Waals surface area contributed by atoms with E-state index in [1.54, 1.807) is 36.4 Å². The number of carbonyl (C=O) groups excluding carboxylic acids is 2. The van der Waals surface area contributed by atoms with Crippen LogP contribution in [0, 0.1) is 0 Å². The van der Waals surface area contributed by atoms with Crippen LogP contribution in [0.3, 0.4) is 0 Å². The van der Waals surface area contributed by atoms with Gasteiger partial charge in [0, 0.05) is 42.5 Å². The molecule has 0 aliphatic heterocycles. The van der Waals surface area contributed by atoms with Crippen LogP contribution < -0.4 is 20.7 Å². The van der Waals surface area contributed by atoms with Gasteiger partial charge >= 0.3 is 6.03 Å². The lowest BCUT2D eigenvalue weighted by atomic mass is 9.92. The maximum Gasteiger partial charge on any atom is 0.326 e. The largest absolute Gasteiger partial charge is 0.457 e. The number of benzene rings is 1. The van der Waals surface area contributed by atoms with Gasteiger partial charge in [0.1, 0.15) is 17.2 Å². The average Bonchev–Trinajstić information content (AvgIpc) is 3.16. The van der Waals surface area contributed by atoms with Crippen molar-refractivity contribution in [1.29, 1.82) is 0 Å². The molecule has 0 aliphatic rings. The van der Waals surface area contributed by atoms with Crippen molar-refractivity contribution in [3.05, 3.63) is 60.0 Å². The van der Waals surface area contributed by atoms with E-state index in [1.165, 1.54) is 19.3 Å². The number of rotatable bonds is 5. The minimum atomic E-state index is -0.477. The Labute approximate surface area is 173 Å². The second-order valence-electron chi connectivity index (χ2n) is 7.49. The van der Waals surface area contributed by atoms with Crippen LogP contribution in [0.15, 0.2) is 53.2 Å². The zero-order valence-corrected chi connectivity index (χ0v) is 17.1. The highest BCUT2D eigenvalue weighted by Crippen LogP contribution is 2.25. The Hall–Kier alpha value is -3.88. The van der Waals surface area contributed by atoms with Gasteiger partial charge in [-0.25, -0.2) is 4.79 Å². The Bertz CT molecular complexity index is 1060. The van der Waals surface area contributed by atoms with Crippen molar-refractivity contribution in [2.24, 2.45) is 0 Å². The Morgan fingerprint density at radius 1 is 1.03 bits per heavy atom. The summed E-state index contributed by atoms with van der Waals surface area (Å²) in [4.78, 5) is 28.0. The SMILES string of the molecule is CNC(=O)c1cc(Oc2cccc(NC(=O)Nc3cc(C(C)(C)C)no3)c2)ccn1. The number of pyridine rings is 1. The van der Waals surface area contributed by atoms with E-state index in [0.717, 1.165) is 5.69 Å². The van der Waals surface area contributed by atoms with Crippen LogP contribution in [0.25, 0.3) is 0 Å². The summed E-state index contributed by atoms with van der Waals surface area (Å²) in [6.07, 6.45) is 1.48. The fourth-order valence-electron chi connectivity index (χ4n) is 2.46. The standard InChI is InChI=1S/C21H23N5O4/c1-21(2,3)17-12-18(30-26-17)25-20(28)24-13-6-5-7-14(10-13)29-15-8-9-23-16(11-15)19(27)22-4/h5-12H,1-4H3,(H,22,27)(H2,24,25,28). The van der Waals surface area contributed by atoms with E-state index in [-0.39, 0.29) is 22.9 Å². The highest BCUT2D eigenvalue weighted by molar-refractivity contribution is 5.99. The molecule has 9 nitrogen and oxygen atoms in total. The van der Waals surface area contributed by atoms with E-state index in [9.17, 15) is 9.59 Å². The summed E-state index contributed by atoms with van der Waals surface area (Å²) in [6.45, 7) is 6.00. The number of hydrogen-bond donors (Lipinski definition) is 3. The van der Waals surface area contributed by atoms with Gasteiger partial charge in [0.15, 0.2) is 0 Å². The van der Waals surface area contributed by atoms with Gasteiger partial charge in [0.2, 0.25) is 5.88 Å². The van der Waals surface area contributed by atoms with Crippen LogP contribution in [-0.2, 0) is 5.41 Å². The smallest absolute Gasteiger partial charge is 0.326 e. The Morgan fingerprint density at radius 3 is 2.50 bits per heavy atom. The molecule has 30 heavy (non-hydrogen) atoms. The number of anilines is 2. The molecule has 3 rings (SSSR count). The summed E-state index contributed by atoms with van der Waals surface area (Å²) >= 11 is 0. The number of nitrogens with one attached hydrogen (secondary N) is 3. The number of nitrogens with zero attached hydrogens (tertiary/aromatic N) is 2. The zero-order chi connectivity index (χ0) is 21.7. The fraction of sp³-hybridized carbons (Fsp3) is 0.238. The van der Waals surface area contributed by atoms with E-state index in [4.69, 9.17) is 9.26 Å². The average molecular weight is 409 g/mol. The third kappa shape index (κ3) is 5.34. The van der Waals surface area contributed by atoms with Crippen molar-refractivity contribution in [2.75, 3.05) is 17.7 Å². The molecule has 9 heteroatoms. The summed E-state index contributed by atoms with van der Waals surface area (Å²) in [6, 6.07) is 11.2. The minimum absolute atomic E-state index is 0.184. The number of urea groups is 1. The van der Waals surface area contributed by atoms with Gasteiger partial charge in [-0.15, -0.1) is 0 Å². The number of aromatic nitrogens is 2. The van der Waals surface area contributed by atoms with Crippen molar-refractivity contribution in [3.63, 3.8) is 0 Å². The van der Waals surface area contributed by atoms with Crippen LogP contribution in [0.4, 0.5) is 16.4 Å². The molecule has 0 bridgehead atoms.